The van der Waals surface area contributed by atoms with E-state index in [1.54, 1.807) is 6.07 Å². The van der Waals surface area contributed by atoms with Gasteiger partial charge in [0.1, 0.15) is 0 Å². The van der Waals surface area contributed by atoms with E-state index >= 15 is 0 Å². The van der Waals surface area contributed by atoms with E-state index in [-0.39, 0.29) is 5.91 Å². The minimum atomic E-state index is -0.0395. The molecular weight excluding hydrogens is 404 g/mol. The monoisotopic (exact) mass is 442 g/mol. The third kappa shape index (κ3) is 4.48. The molecule has 1 amide bonds. The Morgan fingerprint density at radius 1 is 1.22 bits per heavy atom. The molecule has 0 unspecified atom stereocenters. The van der Waals surface area contributed by atoms with Gasteiger partial charge < -0.3 is 14.3 Å². The Bertz CT molecular complexity index is 934. The molecule has 2 aliphatic heterocycles. The van der Waals surface area contributed by atoms with E-state index in [1.165, 1.54) is 12.8 Å². The highest BCUT2D eigenvalue weighted by Gasteiger charge is 2.39. The van der Waals surface area contributed by atoms with Crippen molar-refractivity contribution < 1.29 is 9.32 Å². The van der Waals surface area contributed by atoms with Gasteiger partial charge in [0.15, 0.2) is 11.5 Å². The first kappa shape index (κ1) is 23.0. The van der Waals surface area contributed by atoms with Crippen molar-refractivity contribution in [3.05, 3.63) is 23.1 Å². The average Bonchev–Trinajstić information content (AvgIpc) is 3.30. The molecule has 0 aromatic carbocycles. The second kappa shape index (κ2) is 9.35. The predicted molar refractivity (Wildman–Crippen MR) is 125 cm³/mol. The van der Waals surface area contributed by atoms with Gasteiger partial charge in [0.05, 0.1) is 11.3 Å². The van der Waals surface area contributed by atoms with Gasteiger partial charge in [0.25, 0.3) is 5.91 Å². The summed E-state index contributed by atoms with van der Waals surface area (Å²) in [5.41, 5.74) is 3.25. The van der Waals surface area contributed by atoms with E-state index in [2.05, 4.69) is 47.9 Å². The lowest BCUT2D eigenvalue weighted by Crippen LogP contribution is -2.64. The van der Waals surface area contributed by atoms with Crippen LogP contribution in [-0.4, -0.2) is 87.4 Å². The number of hydrogen-bond acceptors (Lipinski definition) is 6. The molecule has 4 heterocycles. The SMILES string of the molecule is CCn1nc(C)c(-c2cc(C(=O)N3CC(N(CC(C)C)C4CCN(C)CC4)C3)no2)c1C. The maximum Gasteiger partial charge on any atom is 0.276 e. The maximum absolute atomic E-state index is 13.1. The van der Waals surface area contributed by atoms with Crippen LogP contribution in [0.1, 0.15) is 55.5 Å². The molecule has 0 bridgehead atoms. The van der Waals surface area contributed by atoms with Crippen LogP contribution in [0.15, 0.2) is 10.6 Å². The van der Waals surface area contributed by atoms with Crippen molar-refractivity contribution in [1.29, 1.82) is 0 Å². The number of rotatable bonds is 7. The number of nitrogens with zero attached hydrogens (tertiary/aromatic N) is 6. The van der Waals surface area contributed by atoms with Crippen molar-refractivity contribution in [2.24, 2.45) is 5.92 Å². The smallest absolute Gasteiger partial charge is 0.276 e. The van der Waals surface area contributed by atoms with Gasteiger partial charge in [-0.2, -0.15) is 5.10 Å². The zero-order valence-corrected chi connectivity index (χ0v) is 20.5. The van der Waals surface area contributed by atoms with E-state index in [1.807, 2.05) is 23.4 Å². The Balaban J connectivity index is 1.41. The number of carbonyl (C=O) groups excluding carboxylic acids is 1. The number of aromatic nitrogens is 3. The van der Waals surface area contributed by atoms with E-state index in [0.717, 1.165) is 56.2 Å². The van der Waals surface area contributed by atoms with Crippen LogP contribution in [0.3, 0.4) is 0 Å². The lowest BCUT2D eigenvalue weighted by Gasteiger charge is -2.50. The Kier molecular flexibility index (Phi) is 6.72. The van der Waals surface area contributed by atoms with E-state index < -0.39 is 0 Å². The van der Waals surface area contributed by atoms with Crippen LogP contribution in [-0.2, 0) is 6.54 Å². The molecule has 8 nitrogen and oxygen atoms in total. The van der Waals surface area contributed by atoms with E-state index in [9.17, 15) is 4.79 Å². The molecule has 2 aromatic rings. The first-order valence-corrected chi connectivity index (χ1v) is 12.0. The van der Waals surface area contributed by atoms with Gasteiger partial charge in [-0.1, -0.05) is 19.0 Å². The Morgan fingerprint density at radius 3 is 2.50 bits per heavy atom. The molecule has 0 saturated carbocycles. The minimum absolute atomic E-state index is 0.0395. The summed E-state index contributed by atoms with van der Waals surface area (Å²) in [7, 11) is 2.20. The standard InChI is InChI=1S/C24H38N6O2/c1-7-30-18(5)23(17(4)25-30)22-12-21(26-32-22)24(31)28-14-20(15-28)29(13-16(2)3)19-8-10-27(6)11-9-19/h12,16,19-20H,7-11,13-15H2,1-6H3. The molecule has 2 fully saturated rings. The normalized spacial score (nSPS) is 18.7. The van der Waals surface area contributed by atoms with Crippen molar-refractivity contribution in [3.8, 4) is 11.3 Å². The fraction of sp³-hybridized carbons (Fsp3) is 0.708. The summed E-state index contributed by atoms with van der Waals surface area (Å²) in [5, 5.41) is 8.66. The Morgan fingerprint density at radius 2 is 1.91 bits per heavy atom. The molecule has 0 atom stereocenters. The fourth-order valence-corrected chi connectivity index (χ4v) is 5.19. The van der Waals surface area contributed by atoms with Crippen molar-refractivity contribution in [2.75, 3.05) is 39.8 Å². The van der Waals surface area contributed by atoms with Crippen molar-refractivity contribution in [2.45, 2.75) is 66.1 Å². The van der Waals surface area contributed by atoms with Crippen LogP contribution in [0, 0.1) is 19.8 Å². The molecule has 4 rings (SSSR count). The van der Waals surface area contributed by atoms with E-state index in [4.69, 9.17) is 4.52 Å². The third-order valence-electron chi connectivity index (χ3n) is 7.01. The van der Waals surface area contributed by atoms with Gasteiger partial charge >= 0.3 is 0 Å². The molecule has 0 N–H and O–H groups in total. The highest BCUT2D eigenvalue weighted by Crippen LogP contribution is 2.29. The van der Waals surface area contributed by atoms with Crippen molar-refractivity contribution >= 4 is 5.91 Å². The maximum atomic E-state index is 13.1. The summed E-state index contributed by atoms with van der Waals surface area (Å²) < 4.78 is 7.52. The van der Waals surface area contributed by atoms with Gasteiger partial charge in [-0.3, -0.25) is 14.4 Å². The molecule has 0 aliphatic carbocycles. The summed E-state index contributed by atoms with van der Waals surface area (Å²) >= 11 is 0. The molecule has 2 aromatic heterocycles. The van der Waals surface area contributed by atoms with Crippen LogP contribution >= 0.6 is 0 Å². The molecule has 8 heteroatoms. The van der Waals surface area contributed by atoms with Gasteiger partial charge in [0.2, 0.25) is 0 Å². The lowest BCUT2D eigenvalue weighted by atomic mass is 9.96. The number of aryl methyl sites for hydroxylation is 2. The highest BCUT2D eigenvalue weighted by molar-refractivity contribution is 5.93. The first-order chi connectivity index (χ1) is 15.3. The Hall–Kier alpha value is -2.19. The van der Waals surface area contributed by atoms with Gasteiger partial charge in [-0.25, -0.2) is 0 Å². The third-order valence-corrected chi connectivity index (χ3v) is 7.01. The molecule has 176 valence electrons. The summed E-state index contributed by atoms with van der Waals surface area (Å²) in [6.45, 7) is 16.4. The van der Waals surface area contributed by atoms with Crippen LogP contribution in [0.4, 0.5) is 0 Å². The van der Waals surface area contributed by atoms with Crippen LogP contribution < -0.4 is 0 Å². The van der Waals surface area contributed by atoms with Gasteiger partial charge in [0, 0.05) is 50.0 Å². The molecule has 32 heavy (non-hydrogen) atoms. The summed E-state index contributed by atoms with van der Waals surface area (Å²) in [4.78, 5) is 20.1. The zero-order chi connectivity index (χ0) is 23.0. The molecule has 0 spiro atoms. The Labute approximate surface area is 191 Å². The van der Waals surface area contributed by atoms with E-state index in [0.29, 0.717) is 29.5 Å². The predicted octanol–water partition coefficient (Wildman–Crippen LogP) is 3.05. The molecular formula is C24H38N6O2. The van der Waals surface area contributed by atoms with Crippen molar-refractivity contribution in [3.63, 3.8) is 0 Å². The second-order valence-electron chi connectivity index (χ2n) is 9.93. The number of piperidine rings is 1. The molecule has 0 radical (unpaired) electrons. The van der Waals surface area contributed by atoms with Gasteiger partial charge in [-0.05, 0) is 59.7 Å². The molecule has 2 aliphatic rings. The second-order valence-corrected chi connectivity index (χ2v) is 9.93. The summed E-state index contributed by atoms with van der Waals surface area (Å²) in [6, 6.07) is 2.83. The van der Waals surface area contributed by atoms with Crippen LogP contribution in [0.5, 0.6) is 0 Å². The van der Waals surface area contributed by atoms with Crippen LogP contribution in [0.25, 0.3) is 11.3 Å². The average molecular weight is 443 g/mol. The number of carbonyl (C=O) groups is 1. The number of hydrogen-bond donors (Lipinski definition) is 0. The molecule has 2 saturated heterocycles. The largest absolute Gasteiger partial charge is 0.355 e. The topological polar surface area (TPSA) is 70.6 Å². The fourth-order valence-electron chi connectivity index (χ4n) is 5.19. The lowest BCUT2D eigenvalue weighted by molar-refractivity contribution is -0.00841. The first-order valence-electron chi connectivity index (χ1n) is 12.0. The number of amides is 1. The van der Waals surface area contributed by atoms with Crippen LogP contribution in [0.2, 0.25) is 0 Å². The number of likely N-dealkylation sites (tertiary alicyclic amines) is 2. The minimum Gasteiger partial charge on any atom is -0.355 e. The summed E-state index contributed by atoms with van der Waals surface area (Å²) in [5.74, 6) is 1.20. The zero-order valence-electron chi connectivity index (χ0n) is 20.5. The highest BCUT2D eigenvalue weighted by atomic mass is 16.5. The van der Waals surface area contributed by atoms with Crippen molar-refractivity contribution in [1.82, 2.24) is 29.6 Å². The van der Waals surface area contributed by atoms with Gasteiger partial charge in [-0.15, -0.1) is 0 Å². The summed E-state index contributed by atoms with van der Waals surface area (Å²) in [6.07, 6.45) is 2.43. The quantitative estimate of drug-likeness (QED) is 0.656.